The van der Waals surface area contributed by atoms with E-state index in [9.17, 15) is 4.79 Å². The smallest absolute Gasteiger partial charge is 0.332 e. The maximum Gasteiger partial charge on any atom is 0.332 e. The number of hydrogen-bond donors (Lipinski definition) is 1. The number of nitrogens with two attached hydrogens (primary N) is 1. The number of ether oxygens (including phenoxy) is 2. The van der Waals surface area contributed by atoms with E-state index >= 15 is 0 Å². The van der Waals surface area contributed by atoms with Gasteiger partial charge in [0.25, 0.3) is 0 Å². The van der Waals surface area contributed by atoms with Crippen LogP contribution >= 0.6 is 12.4 Å². The van der Waals surface area contributed by atoms with Crippen LogP contribution in [-0.4, -0.2) is 32.3 Å². The van der Waals surface area contributed by atoms with Crippen molar-refractivity contribution in [1.29, 1.82) is 0 Å². The Hall–Kier alpha value is -0.320. The van der Waals surface area contributed by atoms with Gasteiger partial charge in [-0.15, -0.1) is 12.4 Å². The van der Waals surface area contributed by atoms with Gasteiger partial charge in [0.15, 0.2) is 0 Å². The van der Waals surface area contributed by atoms with Gasteiger partial charge in [-0.1, -0.05) is 0 Å². The van der Waals surface area contributed by atoms with Gasteiger partial charge in [0.05, 0.1) is 13.2 Å². The number of carbonyl (C=O) groups is 1. The molecule has 0 atom stereocenters. The minimum atomic E-state index is -0.337. The summed E-state index contributed by atoms with van der Waals surface area (Å²) in [6.45, 7) is 2.98. The molecule has 5 heteroatoms. The van der Waals surface area contributed by atoms with Crippen LogP contribution in [0.15, 0.2) is 0 Å². The lowest BCUT2D eigenvalue weighted by Gasteiger charge is -2.01. The maximum atomic E-state index is 10.5. The van der Waals surface area contributed by atoms with Crippen molar-refractivity contribution in [3.05, 3.63) is 0 Å². The third-order valence-corrected chi connectivity index (χ3v) is 0.787. The molecular formula is C6H14ClNO3. The van der Waals surface area contributed by atoms with Crippen LogP contribution in [0.25, 0.3) is 0 Å². The Labute approximate surface area is 72.4 Å². The van der Waals surface area contributed by atoms with Gasteiger partial charge in [-0.25, -0.2) is 4.79 Å². The molecule has 0 saturated heterocycles. The molecule has 0 aromatic rings. The first-order valence-corrected chi connectivity index (χ1v) is 3.24. The number of esters is 1. The van der Waals surface area contributed by atoms with E-state index < -0.39 is 0 Å². The first-order valence-electron chi connectivity index (χ1n) is 3.24. The van der Waals surface area contributed by atoms with Gasteiger partial charge in [-0.3, -0.25) is 0 Å². The Balaban J connectivity index is 0. The average molecular weight is 184 g/mol. The minimum absolute atomic E-state index is 0. The van der Waals surface area contributed by atoms with E-state index in [0.717, 1.165) is 0 Å². The predicted molar refractivity (Wildman–Crippen MR) is 43.8 cm³/mol. The molecule has 4 nitrogen and oxygen atoms in total. The lowest BCUT2D eigenvalue weighted by atomic mass is 10.7. The fourth-order valence-electron chi connectivity index (χ4n) is 0.441. The van der Waals surface area contributed by atoms with Crippen LogP contribution < -0.4 is 5.73 Å². The lowest BCUT2D eigenvalue weighted by Crippen LogP contribution is -2.16. The molecule has 0 aliphatic heterocycles. The van der Waals surface area contributed by atoms with Gasteiger partial charge >= 0.3 is 5.97 Å². The fourth-order valence-corrected chi connectivity index (χ4v) is 0.441. The van der Waals surface area contributed by atoms with E-state index in [0.29, 0.717) is 19.8 Å². The van der Waals surface area contributed by atoms with E-state index in [4.69, 9.17) is 10.5 Å². The monoisotopic (exact) mass is 183 g/mol. The van der Waals surface area contributed by atoms with Crippen LogP contribution in [0.1, 0.15) is 6.92 Å². The molecule has 0 heterocycles. The van der Waals surface area contributed by atoms with Crippen LogP contribution in [-0.2, 0) is 14.3 Å². The second-order valence-electron chi connectivity index (χ2n) is 1.65. The maximum absolute atomic E-state index is 10.5. The summed E-state index contributed by atoms with van der Waals surface area (Å²) in [7, 11) is 0. The molecule has 0 aliphatic carbocycles. The Kier molecular flexibility index (Phi) is 11.7. The van der Waals surface area contributed by atoms with Crippen molar-refractivity contribution in [2.75, 3.05) is 26.4 Å². The van der Waals surface area contributed by atoms with E-state index in [1.165, 1.54) is 0 Å². The van der Waals surface area contributed by atoms with Crippen molar-refractivity contribution < 1.29 is 14.3 Å². The molecule has 0 aromatic heterocycles. The molecule has 0 amide bonds. The topological polar surface area (TPSA) is 61.5 Å². The van der Waals surface area contributed by atoms with Gasteiger partial charge < -0.3 is 15.2 Å². The first-order chi connectivity index (χ1) is 4.81. The number of hydrogen-bond acceptors (Lipinski definition) is 4. The van der Waals surface area contributed by atoms with Crippen molar-refractivity contribution in [2.45, 2.75) is 6.92 Å². The van der Waals surface area contributed by atoms with Crippen molar-refractivity contribution in [3.8, 4) is 0 Å². The molecule has 0 bridgehead atoms. The van der Waals surface area contributed by atoms with E-state index in [1.807, 2.05) is 0 Å². The summed E-state index contributed by atoms with van der Waals surface area (Å²) < 4.78 is 9.38. The van der Waals surface area contributed by atoms with Crippen LogP contribution in [0.5, 0.6) is 0 Å². The Morgan fingerprint density at radius 3 is 2.64 bits per heavy atom. The Morgan fingerprint density at radius 2 is 2.18 bits per heavy atom. The molecule has 0 aromatic carbocycles. The molecule has 0 radical (unpaired) electrons. The second kappa shape index (κ2) is 9.68. The molecule has 0 aliphatic rings. The first kappa shape index (κ1) is 13.3. The predicted octanol–water partition coefficient (Wildman–Crippen LogP) is -0.0534. The quantitative estimate of drug-likeness (QED) is 0.480. The third kappa shape index (κ3) is 9.68. The molecule has 11 heavy (non-hydrogen) atoms. The highest BCUT2D eigenvalue weighted by molar-refractivity contribution is 5.85. The van der Waals surface area contributed by atoms with Crippen LogP contribution in [0.4, 0.5) is 0 Å². The summed E-state index contributed by atoms with van der Waals surface area (Å²) in [6.07, 6.45) is 0. The zero-order valence-corrected chi connectivity index (χ0v) is 7.36. The standard InChI is InChI=1S/C6H13NO3.ClH/c1-2-10-6(8)5-9-4-3-7;/h2-5,7H2,1H3;1H. The van der Waals surface area contributed by atoms with Crippen molar-refractivity contribution in [3.63, 3.8) is 0 Å². The van der Waals surface area contributed by atoms with Crippen molar-refractivity contribution >= 4 is 18.4 Å². The summed E-state index contributed by atoms with van der Waals surface area (Å²) >= 11 is 0. The zero-order chi connectivity index (χ0) is 7.82. The van der Waals surface area contributed by atoms with Crippen LogP contribution in [0.3, 0.4) is 0 Å². The van der Waals surface area contributed by atoms with Crippen molar-refractivity contribution in [1.82, 2.24) is 0 Å². The SMILES string of the molecule is CCOC(=O)COCCN.Cl. The van der Waals surface area contributed by atoms with E-state index in [2.05, 4.69) is 4.74 Å². The number of rotatable bonds is 5. The van der Waals surface area contributed by atoms with Gasteiger partial charge in [0.1, 0.15) is 6.61 Å². The molecule has 0 rings (SSSR count). The fraction of sp³-hybridized carbons (Fsp3) is 0.833. The number of carbonyl (C=O) groups excluding carboxylic acids is 1. The normalized spacial score (nSPS) is 8.55. The van der Waals surface area contributed by atoms with Gasteiger partial charge in [-0.2, -0.15) is 0 Å². The molecule has 0 unspecified atom stereocenters. The molecule has 0 fully saturated rings. The van der Waals surface area contributed by atoms with Crippen LogP contribution in [0.2, 0.25) is 0 Å². The molecule has 2 N–H and O–H groups in total. The summed E-state index contributed by atoms with van der Waals surface area (Å²) in [6, 6.07) is 0. The molecule has 0 saturated carbocycles. The summed E-state index contributed by atoms with van der Waals surface area (Å²) in [5.74, 6) is -0.337. The van der Waals surface area contributed by atoms with Crippen molar-refractivity contribution in [2.24, 2.45) is 5.73 Å². The Morgan fingerprint density at radius 1 is 1.55 bits per heavy atom. The third-order valence-electron chi connectivity index (χ3n) is 0.787. The minimum Gasteiger partial charge on any atom is -0.464 e. The van der Waals surface area contributed by atoms with Gasteiger partial charge in [-0.05, 0) is 6.92 Å². The van der Waals surface area contributed by atoms with Gasteiger partial charge in [0.2, 0.25) is 0 Å². The molecule has 68 valence electrons. The second-order valence-corrected chi connectivity index (χ2v) is 1.65. The highest BCUT2D eigenvalue weighted by Gasteiger charge is 1.98. The summed E-state index contributed by atoms with van der Waals surface area (Å²) in [5, 5.41) is 0. The molecule has 0 spiro atoms. The largest absolute Gasteiger partial charge is 0.464 e. The Bertz CT molecular complexity index is 99.8. The van der Waals surface area contributed by atoms with E-state index in [-0.39, 0.29) is 25.0 Å². The molecular weight excluding hydrogens is 170 g/mol. The summed E-state index contributed by atoms with van der Waals surface area (Å²) in [5.41, 5.74) is 5.11. The zero-order valence-electron chi connectivity index (χ0n) is 6.54. The highest BCUT2D eigenvalue weighted by atomic mass is 35.5. The van der Waals surface area contributed by atoms with Crippen LogP contribution in [0, 0.1) is 0 Å². The number of halogens is 1. The van der Waals surface area contributed by atoms with E-state index in [1.54, 1.807) is 6.92 Å². The lowest BCUT2D eigenvalue weighted by molar-refractivity contribution is -0.148. The average Bonchev–Trinajstić information content (AvgIpc) is 1.89. The highest BCUT2D eigenvalue weighted by Crippen LogP contribution is 1.79. The summed E-state index contributed by atoms with van der Waals surface area (Å²) in [4.78, 5) is 10.5. The van der Waals surface area contributed by atoms with Gasteiger partial charge in [0, 0.05) is 6.54 Å².